The van der Waals surface area contributed by atoms with Crippen molar-refractivity contribution >= 4 is 57.0 Å². The van der Waals surface area contributed by atoms with Crippen molar-refractivity contribution in [1.29, 1.82) is 0 Å². The second-order valence-electron chi connectivity index (χ2n) is 9.71. The summed E-state index contributed by atoms with van der Waals surface area (Å²) in [6, 6.07) is 21.8. The van der Waals surface area contributed by atoms with Crippen LogP contribution in [-0.2, 0) is 17.1 Å². The molecule has 5 aromatic carbocycles. The van der Waals surface area contributed by atoms with E-state index in [1.807, 2.05) is 36.4 Å². The van der Waals surface area contributed by atoms with Crippen LogP contribution in [0.15, 0.2) is 84.9 Å². The zero-order valence-electron chi connectivity index (χ0n) is 24.6. The van der Waals surface area contributed by atoms with E-state index in [1.54, 1.807) is 12.1 Å². The minimum absolute atomic E-state index is 0. The van der Waals surface area contributed by atoms with Gasteiger partial charge < -0.3 is 43.4 Å². The molecule has 0 atom stereocenters. The van der Waals surface area contributed by atoms with E-state index in [0.29, 0.717) is 11.4 Å². The molecule has 1 aliphatic rings. The molecule has 12 N–H and O–H groups in total. The molecule has 14 nitrogen and oxygen atoms in total. The van der Waals surface area contributed by atoms with Crippen molar-refractivity contribution in [2.75, 3.05) is 22.9 Å². The maximum Gasteiger partial charge on any atom is 0.273 e. The molecule has 1 aliphatic carbocycles. The van der Waals surface area contributed by atoms with Gasteiger partial charge in [-0.05, 0) is 47.7 Å². The summed E-state index contributed by atoms with van der Waals surface area (Å²) in [6.45, 7) is 0. The van der Waals surface area contributed by atoms with Crippen molar-refractivity contribution in [1.82, 2.24) is 0 Å². The Labute approximate surface area is 278 Å². The summed E-state index contributed by atoms with van der Waals surface area (Å²) in [7, 11) is 0. The maximum atomic E-state index is 10.1. The van der Waals surface area contributed by atoms with Crippen LogP contribution in [-0.4, -0.2) is 30.3 Å². The van der Waals surface area contributed by atoms with E-state index in [-0.39, 0.29) is 62.8 Å². The Morgan fingerprint density at radius 1 is 0.574 bits per heavy atom. The van der Waals surface area contributed by atoms with E-state index in [1.165, 1.54) is 24.3 Å². The molecular weight excluding hydrogens is 652 g/mol. The number of non-ortho nitro benzene ring substituents is 2. The first-order valence-electron chi connectivity index (χ1n) is 13.5. The van der Waals surface area contributed by atoms with Crippen LogP contribution in [0.1, 0.15) is 12.8 Å². The van der Waals surface area contributed by atoms with Crippen molar-refractivity contribution in [2.24, 2.45) is 0 Å². The number of nitro benzene ring substituents is 2. The summed E-state index contributed by atoms with van der Waals surface area (Å²) < 4.78 is 0. The standard InChI is InChI=1S/C10H11NO.C10H9NO.2C6H6N2O3.Fe/c2*11-10-8-4-2-1-3-7(8)5-6-9(10)12;2*7-5-2-1-4(8(10)11)3-6(5)9;/h3-6,12H,1-2,11H2;1-6,12H,11H2;2*1-3,9H,7H2;. The number of anilines is 4. The van der Waals surface area contributed by atoms with Crippen molar-refractivity contribution in [2.45, 2.75) is 12.8 Å². The third-order valence-corrected chi connectivity index (χ3v) is 6.57. The van der Waals surface area contributed by atoms with Crippen molar-refractivity contribution < 1.29 is 47.3 Å². The van der Waals surface area contributed by atoms with E-state index in [4.69, 9.17) is 33.1 Å². The molecule has 0 amide bonds. The average molecular weight is 684 g/mol. The van der Waals surface area contributed by atoms with Gasteiger partial charge in [0, 0.05) is 39.8 Å². The second-order valence-corrected chi connectivity index (χ2v) is 9.71. The molecule has 0 aliphatic heterocycles. The summed E-state index contributed by atoms with van der Waals surface area (Å²) in [5.74, 6) is -0.201. The Hall–Kier alpha value is -6.18. The van der Waals surface area contributed by atoms with Crippen LogP contribution in [0.3, 0.4) is 0 Å². The molecule has 0 heterocycles. The van der Waals surface area contributed by atoms with Crippen molar-refractivity contribution in [3.05, 3.63) is 116 Å². The molecule has 0 spiro atoms. The smallest absolute Gasteiger partial charge is 0.273 e. The van der Waals surface area contributed by atoms with Crippen LogP contribution in [0.4, 0.5) is 34.1 Å². The Balaban J connectivity index is 0.000000217. The number of phenolic OH excluding ortho intramolecular Hbond substituents is 4. The monoisotopic (exact) mass is 684 g/mol. The molecule has 0 radical (unpaired) electrons. The number of hydrogen-bond acceptors (Lipinski definition) is 12. The van der Waals surface area contributed by atoms with E-state index in [0.717, 1.165) is 46.2 Å². The maximum absolute atomic E-state index is 10.1. The van der Waals surface area contributed by atoms with E-state index < -0.39 is 9.85 Å². The first kappa shape index (κ1) is 37.0. The van der Waals surface area contributed by atoms with Gasteiger partial charge in [0.25, 0.3) is 11.4 Å². The first-order chi connectivity index (χ1) is 21.8. The molecule has 0 aromatic heterocycles. The van der Waals surface area contributed by atoms with Gasteiger partial charge in [0.1, 0.15) is 23.0 Å². The molecule has 47 heavy (non-hydrogen) atoms. The van der Waals surface area contributed by atoms with Gasteiger partial charge >= 0.3 is 0 Å². The Morgan fingerprint density at radius 2 is 1.06 bits per heavy atom. The van der Waals surface area contributed by atoms with Gasteiger partial charge in [-0.2, -0.15) is 0 Å². The molecule has 15 heteroatoms. The number of nitrogens with two attached hydrogens (primary N) is 4. The number of nitrogens with zero attached hydrogens (tertiary/aromatic N) is 2. The zero-order valence-corrected chi connectivity index (χ0v) is 25.7. The van der Waals surface area contributed by atoms with Crippen LogP contribution in [0.5, 0.6) is 23.0 Å². The van der Waals surface area contributed by atoms with Crippen molar-refractivity contribution in [3.63, 3.8) is 0 Å². The molecule has 0 saturated carbocycles. The van der Waals surface area contributed by atoms with Crippen LogP contribution < -0.4 is 33.4 Å². The zero-order chi connectivity index (χ0) is 34.0. The largest absolute Gasteiger partial charge is 0.506 e. The van der Waals surface area contributed by atoms with Gasteiger partial charge in [-0.3, -0.25) is 20.2 Å². The van der Waals surface area contributed by atoms with E-state index >= 15 is 0 Å². The van der Waals surface area contributed by atoms with Crippen molar-refractivity contribution in [3.8, 4) is 23.0 Å². The van der Waals surface area contributed by atoms with Gasteiger partial charge in [0.2, 0.25) is 0 Å². The topological polar surface area (TPSA) is 271 Å². The fraction of sp³-hybridized carbons (Fsp3) is 0.0625. The van der Waals surface area contributed by atoms with Crippen LogP contribution in [0.2, 0.25) is 0 Å². The SMILES string of the molecule is Nc1c(O)ccc2c1=CCCC=2.Nc1c(O)ccc2ccccc12.Nc1ccc([N+](=O)[O-])cc1O.Nc1ccc([N+](=O)[O-])cc1O.[Fe]. The Bertz CT molecular complexity index is 1960. The molecule has 0 fully saturated rings. The Morgan fingerprint density at radius 3 is 1.60 bits per heavy atom. The molecular formula is C32H32FeN6O8. The van der Waals surface area contributed by atoms with Crippen LogP contribution >= 0.6 is 0 Å². The number of nitrogen functional groups attached to an aromatic ring is 4. The number of aromatic hydroxyl groups is 4. The van der Waals surface area contributed by atoms with Gasteiger partial charge in [-0.25, -0.2) is 0 Å². The van der Waals surface area contributed by atoms with Gasteiger partial charge in [-0.15, -0.1) is 0 Å². The molecule has 6 rings (SSSR count). The van der Waals surface area contributed by atoms with Crippen LogP contribution in [0, 0.1) is 20.2 Å². The van der Waals surface area contributed by atoms with Gasteiger partial charge in [0.05, 0.1) is 44.7 Å². The summed E-state index contributed by atoms with van der Waals surface area (Å²) in [5, 5.41) is 60.8. The predicted octanol–water partition coefficient (Wildman–Crippen LogP) is 4.22. The minimum Gasteiger partial charge on any atom is -0.506 e. The molecule has 246 valence electrons. The quantitative estimate of drug-likeness (QED) is 0.0427. The number of fused-ring (bicyclic) bond motifs is 2. The average Bonchev–Trinajstić information content (AvgIpc) is 3.04. The summed E-state index contributed by atoms with van der Waals surface area (Å²) >= 11 is 0. The number of phenols is 4. The molecule has 0 unspecified atom stereocenters. The van der Waals surface area contributed by atoms with E-state index in [9.17, 15) is 30.4 Å². The summed E-state index contributed by atoms with van der Waals surface area (Å²) in [6.07, 6.45) is 6.30. The predicted molar refractivity (Wildman–Crippen MR) is 178 cm³/mol. The number of rotatable bonds is 2. The normalized spacial score (nSPS) is 10.7. The third-order valence-electron chi connectivity index (χ3n) is 6.57. The van der Waals surface area contributed by atoms with E-state index in [2.05, 4.69) is 12.2 Å². The van der Waals surface area contributed by atoms with Gasteiger partial charge in [0.15, 0.2) is 0 Å². The number of hydrogen-bond donors (Lipinski definition) is 8. The first-order valence-corrected chi connectivity index (χ1v) is 13.5. The van der Waals surface area contributed by atoms with Gasteiger partial charge in [-0.1, -0.05) is 48.6 Å². The van der Waals surface area contributed by atoms with Crippen LogP contribution in [0.25, 0.3) is 22.9 Å². The minimum atomic E-state index is -0.598. The second kappa shape index (κ2) is 16.8. The third kappa shape index (κ3) is 9.91. The number of nitro groups is 2. The number of benzene rings is 5. The fourth-order valence-corrected chi connectivity index (χ4v) is 4.09. The summed E-state index contributed by atoms with van der Waals surface area (Å²) in [4.78, 5) is 19.0. The summed E-state index contributed by atoms with van der Waals surface area (Å²) in [5.41, 5.74) is 22.7. The molecule has 5 aromatic rings. The Kier molecular flexibility index (Phi) is 13.2. The molecule has 0 saturated heterocycles. The fourth-order valence-electron chi connectivity index (χ4n) is 4.09. The molecule has 0 bridgehead atoms.